The highest BCUT2D eigenvalue weighted by Gasteiger charge is 1.97. The van der Waals surface area contributed by atoms with Gasteiger partial charge >= 0.3 is 0 Å². The largest absolute Gasteiger partial charge is 0.295 e. The highest BCUT2D eigenvalue weighted by molar-refractivity contribution is 9.11. The van der Waals surface area contributed by atoms with E-state index in [0.29, 0.717) is 6.42 Å². The second-order valence-corrected chi connectivity index (χ2v) is 3.77. The summed E-state index contributed by atoms with van der Waals surface area (Å²) in [5, 5.41) is 0. The van der Waals surface area contributed by atoms with Crippen LogP contribution < -0.4 is 0 Å². The van der Waals surface area contributed by atoms with E-state index in [9.17, 15) is 4.79 Å². The molecule has 0 bridgehead atoms. The van der Waals surface area contributed by atoms with Gasteiger partial charge in [0.1, 0.15) is 0 Å². The maximum Gasteiger partial charge on any atom is 0.156 e. The molecule has 0 atom stereocenters. The molecule has 0 saturated heterocycles. The summed E-state index contributed by atoms with van der Waals surface area (Å²) in [6, 6.07) is 8.28. The van der Waals surface area contributed by atoms with Gasteiger partial charge in [0.15, 0.2) is 5.78 Å². The van der Waals surface area contributed by atoms with Crippen LogP contribution in [-0.4, -0.2) is 5.78 Å². The topological polar surface area (TPSA) is 17.1 Å². The fourth-order valence-corrected chi connectivity index (χ4v) is 1.47. The molecular formula is C12H13BrO. The Labute approximate surface area is 93.0 Å². The zero-order valence-electron chi connectivity index (χ0n) is 8.16. The average Bonchev–Trinajstić information content (AvgIpc) is 2.17. The molecule has 0 aliphatic heterocycles. The number of ketones is 1. The lowest BCUT2D eigenvalue weighted by Crippen LogP contribution is -1.95. The normalized spacial score (nSPS) is 10.7. The number of carbonyl (C=O) groups excluding carboxylic acids is 1. The van der Waals surface area contributed by atoms with Crippen LogP contribution in [0.15, 0.2) is 35.3 Å². The van der Waals surface area contributed by atoms with Crippen molar-refractivity contribution in [1.82, 2.24) is 0 Å². The molecule has 1 nitrogen and oxygen atoms in total. The average molecular weight is 253 g/mol. The predicted octanol–water partition coefficient (Wildman–Crippen LogP) is 3.41. The molecule has 74 valence electrons. The molecule has 0 amide bonds. The highest BCUT2D eigenvalue weighted by Crippen LogP contribution is 2.06. The number of rotatable bonds is 4. The minimum atomic E-state index is 0.155. The van der Waals surface area contributed by atoms with E-state index < -0.39 is 0 Å². The SMILES string of the molecule is Cc1ccc(CCC(=O)/C=C/Br)cc1. The van der Waals surface area contributed by atoms with Crippen molar-refractivity contribution >= 4 is 21.7 Å². The van der Waals surface area contributed by atoms with Gasteiger partial charge in [-0.1, -0.05) is 45.8 Å². The first-order valence-electron chi connectivity index (χ1n) is 4.57. The molecule has 0 heterocycles. The second kappa shape index (κ2) is 5.76. The Morgan fingerprint density at radius 3 is 2.57 bits per heavy atom. The van der Waals surface area contributed by atoms with Gasteiger partial charge in [0.05, 0.1) is 0 Å². The van der Waals surface area contributed by atoms with Crippen molar-refractivity contribution in [3.8, 4) is 0 Å². The van der Waals surface area contributed by atoms with Crippen LogP contribution >= 0.6 is 15.9 Å². The molecule has 0 aliphatic rings. The Hall–Kier alpha value is -0.890. The first kappa shape index (κ1) is 11.2. The minimum Gasteiger partial charge on any atom is -0.295 e. The fraction of sp³-hybridized carbons (Fsp3) is 0.250. The molecule has 0 spiro atoms. The van der Waals surface area contributed by atoms with Crippen LogP contribution in [0.3, 0.4) is 0 Å². The van der Waals surface area contributed by atoms with E-state index in [2.05, 4.69) is 47.1 Å². The van der Waals surface area contributed by atoms with E-state index in [1.165, 1.54) is 11.1 Å². The molecule has 0 aliphatic carbocycles. The lowest BCUT2D eigenvalue weighted by atomic mass is 10.1. The summed E-state index contributed by atoms with van der Waals surface area (Å²) in [6.07, 6.45) is 2.94. The van der Waals surface area contributed by atoms with Gasteiger partial charge in [0.2, 0.25) is 0 Å². The zero-order chi connectivity index (χ0) is 10.4. The van der Waals surface area contributed by atoms with Crippen LogP contribution in [0.1, 0.15) is 17.5 Å². The zero-order valence-corrected chi connectivity index (χ0v) is 9.75. The molecule has 1 aromatic rings. The number of halogens is 1. The Kier molecular flexibility index (Phi) is 4.60. The molecule has 0 fully saturated rings. The van der Waals surface area contributed by atoms with Gasteiger partial charge in [-0.15, -0.1) is 0 Å². The summed E-state index contributed by atoms with van der Waals surface area (Å²) in [5.74, 6) is 0.155. The van der Waals surface area contributed by atoms with E-state index in [4.69, 9.17) is 0 Å². The number of allylic oxidation sites excluding steroid dienone is 1. The van der Waals surface area contributed by atoms with E-state index >= 15 is 0 Å². The Balaban J connectivity index is 2.46. The monoisotopic (exact) mass is 252 g/mol. The van der Waals surface area contributed by atoms with Gasteiger partial charge in [-0.25, -0.2) is 0 Å². The first-order chi connectivity index (χ1) is 6.72. The molecule has 0 unspecified atom stereocenters. The Morgan fingerprint density at radius 1 is 1.36 bits per heavy atom. The molecule has 14 heavy (non-hydrogen) atoms. The first-order valence-corrected chi connectivity index (χ1v) is 5.49. The number of benzene rings is 1. The standard InChI is InChI=1S/C12H13BrO/c1-10-2-4-11(5-3-10)6-7-12(14)8-9-13/h2-5,8-9H,6-7H2,1H3/b9-8+. The van der Waals surface area contributed by atoms with Crippen LogP contribution in [-0.2, 0) is 11.2 Å². The van der Waals surface area contributed by atoms with Gasteiger partial charge in [0, 0.05) is 6.42 Å². The number of hydrogen-bond donors (Lipinski definition) is 0. The van der Waals surface area contributed by atoms with E-state index in [1.54, 1.807) is 11.1 Å². The molecule has 1 aromatic carbocycles. The van der Waals surface area contributed by atoms with Crippen LogP contribution in [0.4, 0.5) is 0 Å². The summed E-state index contributed by atoms with van der Waals surface area (Å²) >= 11 is 3.08. The molecule has 1 rings (SSSR count). The van der Waals surface area contributed by atoms with E-state index in [1.807, 2.05) is 0 Å². The number of aryl methyl sites for hydroxylation is 2. The minimum absolute atomic E-state index is 0.155. The quantitative estimate of drug-likeness (QED) is 0.751. The molecule has 0 N–H and O–H groups in total. The fourth-order valence-electron chi connectivity index (χ4n) is 1.18. The van der Waals surface area contributed by atoms with E-state index in [-0.39, 0.29) is 5.78 Å². The number of carbonyl (C=O) groups is 1. The van der Waals surface area contributed by atoms with Crippen molar-refractivity contribution in [3.05, 3.63) is 46.5 Å². The smallest absolute Gasteiger partial charge is 0.156 e. The lowest BCUT2D eigenvalue weighted by molar-refractivity contribution is -0.114. The summed E-state index contributed by atoms with van der Waals surface area (Å²) in [5.41, 5.74) is 2.47. The number of hydrogen-bond acceptors (Lipinski definition) is 1. The third-order valence-corrected chi connectivity index (χ3v) is 2.29. The Bertz CT molecular complexity index is 325. The highest BCUT2D eigenvalue weighted by atomic mass is 79.9. The van der Waals surface area contributed by atoms with Crippen LogP contribution in [0.2, 0.25) is 0 Å². The molecule has 2 heteroatoms. The summed E-state index contributed by atoms with van der Waals surface area (Å²) in [6.45, 7) is 2.06. The summed E-state index contributed by atoms with van der Waals surface area (Å²) in [4.78, 5) is 12.8. The third kappa shape index (κ3) is 3.88. The Morgan fingerprint density at radius 2 is 2.00 bits per heavy atom. The van der Waals surface area contributed by atoms with Gasteiger partial charge in [-0.2, -0.15) is 0 Å². The molecule has 0 aromatic heterocycles. The van der Waals surface area contributed by atoms with Crippen molar-refractivity contribution in [2.24, 2.45) is 0 Å². The predicted molar refractivity (Wildman–Crippen MR) is 62.6 cm³/mol. The summed E-state index contributed by atoms with van der Waals surface area (Å²) < 4.78 is 0. The van der Waals surface area contributed by atoms with Crippen LogP contribution in [0.25, 0.3) is 0 Å². The lowest BCUT2D eigenvalue weighted by Gasteiger charge is -1.99. The summed E-state index contributed by atoms with van der Waals surface area (Å²) in [7, 11) is 0. The van der Waals surface area contributed by atoms with Gasteiger partial charge in [-0.3, -0.25) is 4.79 Å². The van der Waals surface area contributed by atoms with E-state index in [0.717, 1.165) is 6.42 Å². The second-order valence-electron chi connectivity index (χ2n) is 3.24. The van der Waals surface area contributed by atoms with Crippen LogP contribution in [0, 0.1) is 6.92 Å². The van der Waals surface area contributed by atoms with Gasteiger partial charge in [-0.05, 0) is 30.0 Å². The molecular weight excluding hydrogens is 240 g/mol. The third-order valence-electron chi connectivity index (χ3n) is 2.03. The van der Waals surface area contributed by atoms with Gasteiger partial charge in [0.25, 0.3) is 0 Å². The van der Waals surface area contributed by atoms with Crippen molar-refractivity contribution < 1.29 is 4.79 Å². The van der Waals surface area contributed by atoms with Crippen molar-refractivity contribution in [1.29, 1.82) is 0 Å². The van der Waals surface area contributed by atoms with Crippen molar-refractivity contribution in [2.75, 3.05) is 0 Å². The maximum absolute atomic E-state index is 11.2. The molecule has 0 saturated carbocycles. The maximum atomic E-state index is 11.2. The van der Waals surface area contributed by atoms with Crippen molar-refractivity contribution in [3.63, 3.8) is 0 Å². The molecule has 0 radical (unpaired) electrons. The van der Waals surface area contributed by atoms with Crippen LogP contribution in [0.5, 0.6) is 0 Å². The van der Waals surface area contributed by atoms with Crippen molar-refractivity contribution in [2.45, 2.75) is 19.8 Å². The van der Waals surface area contributed by atoms with Gasteiger partial charge < -0.3 is 0 Å².